The molecule has 0 spiro atoms. The monoisotopic (exact) mass is 630 g/mol. The number of aromatic nitrogens is 1. The Kier molecular flexibility index (Phi) is 12.5. The zero-order valence-corrected chi connectivity index (χ0v) is 25.3. The van der Waals surface area contributed by atoms with Gasteiger partial charge in [0.15, 0.2) is 11.5 Å². The number of hydrogen-bond acceptors (Lipinski definition) is 7. The van der Waals surface area contributed by atoms with Crippen molar-refractivity contribution < 1.29 is 31.9 Å². The molecule has 7 nitrogen and oxygen atoms in total. The van der Waals surface area contributed by atoms with Gasteiger partial charge in [-0.3, -0.25) is 14.6 Å². The van der Waals surface area contributed by atoms with Crippen LogP contribution in [0.4, 0.5) is 17.6 Å². The van der Waals surface area contributed by atoms with Crippen molar-refractivity contribution in [3.63, 3.8) is 0 Å². The molecule has 2 N–H and O–H groups in total. The van der Waals surface area contributed by atoms with Crippen LogP contribution < -0.4 is 5.73 Å². The number of benzene rings is 2. The molecule has 0 saturated heterocycles. The first-order valence-corrected chi connectivity index (χ1v) is 14.7. The molecule has 3 aromatic rings. The van der Waals surface area contributed by atoms with Crippen LogP contribution in [-0.4, -0.2) is 52.7 Å². The molecule has 0 aliphatic carbocycles. The van der Waals surface area contributed by atoms with Crippen molar-refractivity contribution in [2.75, 3.05) is 26.2 Å². The van der Waals surface area contributed by atoms with E-state index in [1.54, 1.807) is 47.2 Å². The average molecular weight is 631 g/mol. The molecule has 12 heteroatoms. The molecule has 0 unspecified atom stereocenters. The van der Waals surface area contributed by atoms with E-state index in [-0.39, 0.29) is 56.1 Å². The Bertz CT molecular complexity index is 1440. The molecule has 1 aromatic heterocycles. The largest absolute Gasteiger partial charge is 0.489 e. The lowest BCUT2D eigenvalue weighted by Crippen LogP contribution is -2.40. The molecule has 0 radical (unpaired) electrons. The first-order valence-electron chi connectivity index (χ1n) is 13.7. The van der Waals surface area contributed by atoms with Gasteiger partial charge >= 0.3 is 6.18 Å². The van der Waals surface area contributed by atoms with E-state index in [2.05, 4.69) is 11.6 Å². The summed E-state index contributed by atoms with van der Waals surface area (Å²) in [7, 11) is 0. The van der Waals surface area contributed by atoms with Gasteiger partial charge in [0.1, 0.15) is 12.4 Å². The minimum Gasteiger partial charge on any atom is -0.489 e. The number of halogens is 4. The topological polar surface area (TPSA) is 88.8 Å². The number of rotatable bonds is 15. The van der Waals surface area contributed by atoms with Gasteiger partial charge < -0.3 is 20.3 Å². The van der Waals surface area contributed by atoms with Gasteiger partial charge in [0, 0.05) is 44.1 Å². The number of carbonyl (C=O) groups excluding carboxylic acids is 2. The van der Waals surface area contributed by atoms with Crippen LogP contribution in [0.3, 0.4) is 0 Å². The lowest BCUT2D eigenvalue weighted by Gasteiger charge is -2.28. The number of allylic oxidation sites excluding steroid dienone is 1. The second-order valence-electron chi connectivity index (χ2n) is 9.65. The lowest BCUT2D eigenvalue weighted by atomic mass is 10.1. The van der Waals surface area contributed by atoms with Crippen LogP contribution in [-0.2, 0) is 32.8 Å². The van der Waals surface area contributed by atoms with Gasteiger partial charge in [0.25, 0.3) is 0 Å². The van der Waals surface area contributed by atoms with Crippen molar-refractivity contribution in [1.29, 1.82) is 0 Å². The lowest BCUT2D eigenvalue weighted by molar-refractivity contribution is -0.137. The number of amides is 1. The normalized spacial score (nSPS) is 11.7. The van der Waals surface area contributed by atoms with Crippen LogP contribution in [0.25, 0.3) is 11.3 Å². The third-order valence-corrected chi connectivity index (χ3v) is 7.37. The summed E-state index contributed by atoms with van der Waals surface area (Å²) < 4.78 is 57.5. The highest BCUT2D eigenvalue weighted by atomic mass is 32.2. The number of nitrogens with zero attached hydrogens (tertiary/aromatic N) is 3. The zero-order chi connectivity index (χ0) is 32.3. The molecule has 0 saturated carbocycles. The maximum atomic E-state index is 13.5. The summed E-state index contributed by atoms with van der Waals surface area (Å²) in [6.45, 7) is 7.87. The van der Waals surface area contributed by atoms with Gasteiger partial charge in [-0.25, -0.2) is 4.39 Å². The van der Waals surface area contributed by atoms with Crippen LogP contribution in [0.2, 0.25) is 0 Å². The average Bonchev–Trinajstić information content (AvgIpc) is 2.99. The van der Waals surface area contributed by atoms with Crippen molar-refractivity contribution in [1.82, 2.24) is 14.8 Å². The van der Waals surface area contributed by atoms with Crippen LogP contribution >= 0.6 is 11.8 Å². The predicted molar refractivity (Wildman–Crippen MR) is 163 cm³/mol. The first-order chi connectivity index (χ1) is 20.9. The second-order valence-corrected chi connectivity index (χ2v) is 10.7. The van der Waals surface area contributed by atoms with E-state index >= 15 is 0 Å². The number of nitrogens with two attached hydrogens (primary N) is 1. The van der Waals surface area contributed by atoms with Gasteiger partial charge in [0.2, 0.25) is 5.91 Å². The summed E-state index contributed by atoms with van der Waals surface area (Å²) in [5.41, 5.74) is 7.61. The Balaban J connectivity index is 1.76. The van der Waals surface area contributed by atoms with E-state index in [1.165, 1.54) is 49.2 Å². The number of hydrogen-bond donors (Lipinski definition) is 1. The van der Waals surface area contributed by atoms with Gasteiger partial charge in [-0.2, -0.15) is 13.2 Å². The van der Waals surface area contributed by atoms with Crippen LogP contribution in [0.1, 0.15) is 30.5 Å². The van der Waals surface area contributed by atoms with E-state index < -0.39 is 11.7 Å². The number of thioether (sulfide) groups is 1. The maximum Gasteiger partial charge on any atom is 0.416 e. The minimum absolute atomic E-state index is 0.0669. The minimum atomic E-state index is -4.43. The number of ketones is 1. The maximum absolute atomic E-state index is 13.5. The summed E-state index contributed by atoms with van der Waals surface area (Å²) in [5.74, 6) is -0.456. The number of pyridine rings is 1. The molecule has 0 atom stereocenters. The summed E-state index contributed by atoms with van der Waals surface area (Å²) in [6, 6.07) is 14.2. The predicted octanol–water partition coefficient (Wildman–Crippen LogP) is 6.37. The first kappa shape index (κ1) is 34.3. The third-order valence-electron chi connectivity index (χ3n) is 6.32. The summed E-state index contributed by atoms with van der Waals surface area (Å²) in [6.07, 6.45) is -1.42. The summed E-state index contributed by atoms with van der Waals surface area (Å²) in [4.78, 5) is 33.2. The Hall–Kier alpha value is -4.16. The molecule has 1 amide bonds. The molecular weight excluding hydrogens is 596 g/mol. The zero-order valence-electron chi connectivity index (χ0n) is 24.4. The Morgan fingerprint density at radius 2 is 1.70 bits per heavy atom. The van der Waals surface area contributed by atoms with Gasteiger partial charge in [-0.05, 0) is 48.4 Å². The molecule has 234 valence electrons. The fraction of sp³-hybridized carbons (Fsp3) is 0.281. The highest BCUT2D eigenvalue weighted by molar-refractivity contribution is 8.02. The van der Waals surface area contributed by atoms with E-state index in [0.717, 1.165) is 17.7 Å². The van der Waals surface area contributed by atoms with E-state index in [4.69, 9.17) is 10.5 Å². The van der Waals surface area contributed by atoms with E-state index in [1.807, 2.05) is 0 Å². The number of ether oxygens (including phenoxy) is 1. The highest BCUT2D eigenvalue weighted by Gasteiger charge is 2.30. The summed E-state index contributed by atoms with van der Waals surface area (Å²) in [5, 5.41) is 0.469. The van der Waals surface area contributed by atoms with Gasteiger partial charge in [-0.1, -0.05) is 36.9 Å². The molecular formula is C32H34F4N4O3S. The van der Waals surface area contributed by atoms with Crippen molar-refractivity contribution in [3.05, 3.63) is 113 Å². The Labute approximate surface area is 258 Å². The molecule has 3 rings (SSSR count). The Morgan fingerprint density at radius 3 is 2.25 bits per heavy atom. The fourth-order valence-corrected chi connectivity index (χ4v) is 4.80. The molecule has 44 heavy (non-hydrogen) atoms. The highest BCUT2D eigenvalue weighted by Crippen LogP contribution is 2.31. The molecule has 0 aliphatic heterocycles. The van der Waals surface area contributed by atoms with E-state index in [9.17, 15) is 27.2 Å². The number of carbonyl (C=O) groups is 2. The van der Waals surface area contributed by atoms with Crippen molar-refractivity contribution in [2.24, 2.45) is 5.73 Å². The Morgan fingerprint density at radius 1 is 1.05 bits per heavy atom. The van der Waals surface area contributed by atoms with Crippen molar-refractivity contribution >= 4 is 23.5 Å². The van der Waals surface area contributed by atoms with Gasteiger partial charge in [0.05, 0.1) is 29.1 Å². The van der Waals surface area contributed by atoms with Crippen molar-refractivity contribution in [3.8, 4) is 11.3 Å². The molecule has 1 heterocycles. The molecule has 0 aliphatic rings. The van der Waals surface area contributed by atoms with Crippen LogP contribution in [0.5, 0.6) is 0 Å². The number of alkyl halides is 3. The molecule has 2 aromatic carbocycles. The fourth-order valence-electron chi connectivity index (χ4n) is 4.00. The summed E-state index contributed by atoms with van der Waals surface area (Å²) >= 11 is 1.32. The van der Waals surface area contributed by atoms with Crippen molar-refractivity contribution in [2.45, 2.75) is 32.3 Å². The second kappa shape index (κ2) is 16.1. The van der Waals surface area contributed by atoms with Crippen LogP contribution in [0, 0.1) is 5.82 Å². The van der Waals surface area contributed by atoms with Gasteiger partial charge in [-0.15, -0.1) is 11.8 Å². The third kappa shape index (κ3) is 10.2. The molecule has 0 fully saturated rings. The number of Topliss-reactive ketones (excluding diaryl/α,β-unsaturated/α-hetero) is 1. The quantitative estimate of drug-likeness (QED) is 0.119. The van der Waals surface area contributed by atoms with E-state index in [0.29, 0.717) is 27.6 Å². The standard InChI is InChI=1S/C32H34F4N4O3S/c1-4-43-30(22(2)41)19-40(23(3)44-21-24-5-12-28(33)13-6-24)20-31(42)39(16-15-37)18-25-7-14-29(38-17-25)26-8-10-27(11-9-26)32(34,35)36/h5-14,17,19H,3-4,15-16,18,20-21,37H2,1-2H3/b30-19+. The SMILES string of the molecule is C=C(SCc1ccc(F)cc1)N(/C=C(/OCC)C(C)=O)CC(=O)N(CCN)Cc1ccc(-c2ccc(C(F)(F)F)cc2)nc1. The molecule has 0 bridgehead atoms. The smallest absolute Gasteiger partial charge is 0.416 e. The van der Waals surface area contributed by atoms with Crippen LogP contribution in [0.15, 0.2) is 90.4 Å².